The molecule has 0 spiro atoms. The predicted octanol–water partition coefficient (Wildman–Crippen LogP) is -0.504. The van der Waals surface area contributed by atoms with E-state index in [4.69, 9.17) is 29.2 Å². The summed E-state index contributed by atoms with van der Waals surface area (Å²) in [6, 6.07) is -1.34. The standard InChI is InChI=1S/C16H22N4O10/c1-7(21)26-6-11-14(27-8(2)22)15(28-9(3)23)13(16(30-11)29-10(4)24)19-12(25)5-18-20-17/h11,13-16H,5-6H2,1-4H3,(H,19,25)/t11?,13-,14+,15?,16?/m0/s1. The molecule has 5 atom stereocenters. The molecule has 0 aromatic rings. The number of nitrogens with one attached hydrogen (secondary N) is 1. The highest BCUT2D eigenvalue weighted by molar-refractivity contribution is 5.79. The summed E-state index contributed by atoms with van der Waals surface area (Å²) in [6.45, 7) is 3.32. The van der Waals surface area contributed by atoms with Gasteiger partial charge in [-0.1, -0.05) is 5.11 Å². The number of ether oxygens (including phenoxy) is 5. The van der Waals surface area contributed by atoms with E-state index in [1.807, 2.05) is 0 Å². The van der Waals surface area contributed by atoms with Crippen LogP contribution in [0.3, 0.4) is 0 Å². The van der Waals surface area contributed by atoms with Gasteiger partial charge in [-0.3, -0.25) is 24.0 Å². The SMILES string of the molecule is CC(=O)OCC1OC(OC(C)=O)[C@@H](NC(=O)CN=[N+]=[N-])C(OC(C)=O)[C@@H]1OC(C)=O. The van der Waals surface area contributed by atoms with Gasteiger partial charge in [0.25, 0.3) is 0 Å². The molecule has 1 heterocycles. The number of hydrogen-bond donors (Lipinski definition) is 1. The third kappa shape index (κ3) is 7.93. The maximum atomic E-state index is 12.1. The van der Waals surface area contributed by atoms with Crippen molar-refractivity contribution in [2.45, 2.75) is 58.3 Å². The molecule has 1 aliphatic rings. The van der Waals surface area contributed by atoms with E-state index in [-0.39, 0.29) is 0 Å². The van der Waals surface area contributed by atoms with E-state index in [2.05, 4.69) is 15.3 Å². The van der Waals surface area contributed by atoms with Gasteiger partial charge in [0.05, 0.1) is 0 Å². The van der Waals surface area contributed by atoms with E-state index >= 15 is 0 Å². The van der Waals surface area contributed by atoms with Gasteiger partial charge in [-0.15, -0.1) is 0 Å². The molecule has 0 bridgehead atoms. The maximum Gasteiger partial charge on any atom is 0.305 e. The minimum absolute atomic E-state index is 0.428. The molecule has 1 fully saturated rings. The first kappa shape index (κ1) is 24.7. The molecule has 14 nitrogen and oxygen atoms in total. The highest BCUT2D eigenvalue weighted by atomic mass is 16.7. The number of hydrogen-bond acceptors (Lipinski definition) is 11. The van der Waals surface area contributed by atoms with Gasteiger partial charge in [-0.2, -0.15) is 0 Å². The van der Waals surface area contributed by atoms with Gasteiger partial charge in [0.15, 0.2) is 12.2 Å². The van der Waals surface area contributed by atoms with Crippen LogP contribution in [0, 0.1) is 0 Å². The predicted molar refractivity (Wildman–Crippen MR) is 94.1 cm³/mol. The Labute approximate surface area is 170 Å². The van der Waals surface area contributed by atoms with Crippen molar-refractivity contribution in [1.29, 1.82) is 0 Å². The van der Waals surface area contributed by atoms with Crippen molar-refractivity contribution >= 4 is 29.8 Å². The molecule has 0 aromatic heterocycles. The maximum absolute atomic E-state index is 12.1. The van der Waals surface area contributed by atoms with E-state index in [1.165, 1.54) is 0 Å². The first-order chi connectivity index (χ1) is 14.0. The van der Waals surface area contributed by atoms with Gasteiger partial charge in [0, 0.05) is 32.6 Å². The van der Waals surface area contributed by atoms with E-state index < -0.39 is 73.6 Å². The van der Waals surface area contributed by atoms with Crippen LogP contribution >= 0.6 is 0 Å². The fraction of sp³-hybridized carbons (Fsp3) is 0.688. The van der Waals surface area contributed by atoms with E-state index in [0.29, 0.717) is 0 Å². The Hall–Kier alpha value is -3.38. The van der Waals surface area contributed by atoms with Gasteiger partial charge >= 0.3 is 23.9 Å². The zero-order valence-corrected chi connectivity index (χ0v) is 16.7. The van der Waals surface area contributed by atoms with E-state index in [1.54, 1.807) is 0 Å². The Bertz CT molecular complexity index is 736. The van der Waals surface area contributed by atoms with Gasteiger partial charge in [-0.05, 0) is 5.53 Å². The van der Waals surface area contributed by atoms with Crippen LogP contribution in [0.2, 0.25) is 0 Å². The number of carbonyl (C=O) groups is 5. The molecule has 0 aliphatic carbocycles. The van der Waals surface area contributed by atoms with E-state index in [0.717, 1.165) is 27.7 Å². The lowest BCUT2D eigenvalue weighted by atomic mass is 9.96. The zero-order valence-electron chi connectivity index (χ0n) is 16.7. The van der Waals surface area contributed by atoms with Gasteiger partial charge < -0.3 is 29.0 Å². The summed E-state index contributed by atoms with van der Waals surface area (Å²) in [7, 11) is 0. The molecule has 1 rings (SSSR count). The molecular formula is C16H22N4O10. The summed E-state index contributed by atoms with van der Waals surface area (Å²) in [6.07, 6.45) is -5.42. The quantitative estimate of drug-likeness (QED) is 0.172. The first-order valence-electron chi connectivity index (χ1n) is 8.65. The van der Waals surface area contributed by atoms with Crippen LogP contribution in [0.25, 0.3) is 10.4 Å². The Balaban J connectivity index is 3.33. The third-order valence-electron chi connectivity index (χ3n) is 3.59. The minimum Gasteiger partial charge on any atom is -0.463 e. The number of carbonyl (C=O) groups excluding carboxylic acids is 5. The molecular weight excluding hydrogens is 408 g/mol. The summed E-state index contributed by atoms with van der Waals surface area (Å²) in [5, 5.41) is 5.48. The molecule has 30 heavy (non-hydrogen) atoms. The second-order valence-corrected chi connectivity index (χ2v) is 6.09. The van der Waals surface area contributed by atoms with E-state index in [9.17, 15) is 24.0 Å². The molecule has 166 valence electrons. The highest BCUT2D eigenvalue weighted by Gasteiger charge is 2.52. The van der Waals surface area contributed by atoms with Crippen LogP contribution < -0.4 is 5.32 Å². The van der Waals surface area contributed by atoms with Crippen molar-refractivity contribution in [2.75, 3.05) is 13.2 Å². The van der Waals surface area contributed by atoms with Crippen molar-refractivity contribution in [3.8, 4) is 0 Å². The molecule has 3 unspecified atom stereocenters. The summed E-state index contributed by atoms with van der Waals surface area (Å²) >= 11 is 0. The van der Waals surface area contributed by atoms with Crippen LogP contribution in [-0.2, 0) is 47.7 Å². The number of azide groups is 1. The lowest BCUT2D eigenvalue weighted by Gasteiger charge is -2.44. The molecule has 0 saturated carbocycles. The van der Waals surface area contributed by atoms with Crippen molar-refractivity contribution in [3.63, 3.8) is 0 Å². The number of nitrogens with zero attached hydrogens (tertiary/aromatic N) is 3. The lowest BCUT2D eigenvalue weighted by Crippen LogP contribution is -2.67. The average molecular weight is 430 g/mol. The van der Waals surface area contributed by atoms with Crippen molar-refractivity contribution in [2.24, 2.45) is 5.11 Å². The van der Waals surface area contributed by atoms with Crippen LogP contribution in [0.4, 0.5) is 0 Å². The summed E-state index contributed by atoms with van der Waals surface area (Å²) in [5.74, 6) is -3.86. The number of amides is 1. The van der Waals surface area contributed by atoms with Crippen LogP contribution in [0.5, 0.6) is 0 Å². The molecule has 1 amide bonds. The van der Waals surface area contributed by atoms with Crippen LogP contribution in [0.15, 0.2) is 5.11 Å². The summed E-state index contributed by atoms with van der Waals surface area (Å²) < 4.78 is 25.9. The molecule has 14 heteroatoms. The highest BCUT2D eigenvalue weighted by Crippen LogP contribution is 2.28. The van der Waals surface area contributed by atoms with Gasteiger partial charge in [0.1, 0.15) is 25.3 Å². The Kier molecular flexibility index (Phi) is 9.52. The van der Waals surface area contributed by atoms with Crippen LogP contribution in [0.1, 0.15) is 27.7 Å². The van der Waals surface area contributed by atoms with Crippen molar-refractivity contribution in [1.82, 2.24) is 5.32 Å². The molecule has 1 N–H and O–H groups in total. The van der Waals surface area contributed by atoms with Crippen molar-refractivity contribution in [3.05, 3.63) is 10.4 Å². The second-order valence-electron chi connectivity index (χ2n) is 6.09. The largest absolute Gasteiger partial charge is 0.463 e. The summed E-state index contributed by atoms with van der Waals surface area (Å²) in [4.78, 5) is 60.5. The lowest BCUT2D eigenvalue weighted by molar-refractivity contribution is -0.271. The minimum atomic E-state index is -1.51. The molecule has 1 aliphatic heterocycles. The fourth-order valence-electron chi connectivity index (χ4n) is 2.65. The Morgan fingerprint density at radius 2 is 1.50 bits per heavy atom. The van der Waals surface area contributed by atoms with Crippen LogP contribution in [-0.4, -0.2) is 73.6 Å². The molecule has 1 saturated heterocycles. The Morgan fingerprint density at radius 1 is 0.933 bits per heavy atom. The van der Waals surface area contributed by atoms with Gasteiger partial charge in [0.2, 0.25) is 12.2 Å². The zero-order chi connectivity index (χ0) is 22.8. The monoisotopic (exact) mass is 430 g/mol. The average Bonchev–Trinajstić information content (AvgIpc) is 2.62. The third-order valence-corrected chi connectivity index (χ3v) is 3.59. The molecule has 0 aromatic carbocycles. The number of esters is 4. The second kappa shape index (κ2) is 11.6. The number of rotatable bonds is 8. The first-order valence-corrected chi connectivity index (χ1v) is 8.65. The smallest absolute Gasteiger partial charge is 0.305 e. The van der Waals surface area contributed by atoms with Gasteiger partial charge in [-0.25, -0.2) is 0 Å². The fourth-order valence-corrected chi connectivity index (χ4v) is 2.65. The van der Waals surface area contributed by atoms with Crippen molar-refractivity contribution < 1.29 is 47.7 Å². The molecule has 0 radical (unpaired) electrons. The normalized spacial score (nSPS) is 25.1. The topological polar surface area (TPSA) is 192 Å². The Morgan fingerprint density at radius 3 is 2.00 bits per heavy atom. The summed E-state index contributed by atoms with van der Waals surface area (Å²) in [5.41, 5.74) is 8.36.